The van der Waals surface area contributed by atoms with Crippen LogP contribution in [-0.4, -0.2) is 26.7 Å². The summed E-state index contributed by atoms with van der Waals surface area (Å²) in [7, 11) is 0. The molecule has 1 aromatic carbocycles. The highest BCUT2D eigenvalue weighted by atomic mass is 16.4. The molecular weight excluding hydrogens is 316 g/mol. The van der Waals surface area contributed by atoms with E-state index in [0.29, 0.717) is 18.4 Å². The highest BCUT2D eigenvalue weighted by Gasteiger charge is 2.45. The summed E-state index contributed by atoms with van der Waals surface area (Å²) in [6.45, 7) is 6.05. The van der Waals surface area contributed by atoms with Gasteiger partial charge in [-0.25, -0.2) is 0 Å². The van der Waals surface area contributed by atoms with Crippen molar-refractivity contribution in [2.45, 2.75) is 64.6 Å². The molecule has 2 rings (SSSR count). The van der Waals surface area contributed by atoms with Gasteiger partial charge in [-0.3, -0.25) is 4.79 Å². The van der Waals surface area contributed by atoms with Gasteiger partial charge in [0.05, 0.1) is 0 Å². The van der Waals surface area contributed by atoms with E-state index in [4.69, 9.17) is 0 Å². The number of aromatic hydroxyl groups is 1. The monoisotopic (exact) mass is 344 g/mol. The first-order valence-corrected chi connectivity index (χ1v) is 8.92. The van der Waals surface area contributed by atoms with Crippen molar-refractivity contribution in [2.24, 2.45) is 0 Å². The molecule has 0 saturated carbocycles. The van der Waals surface area contributed by atoms with E-state index in [-0.39, 0.29) is 17.7 Å². The lowest BCUT2D eigenvalue weighted by molar-refractivity contribution is -0.143. The van der Waals surface area contributed by atoms with Crippen LogP contribution in [0, 0.1) is 0 Å². The summed E-state index contributed by atoms with van der Waals surface area (Å²) in [5.41, 5.74) is 1.03. The Labute approximate surface area is 149 Å². The Balaban J connectivity index is 2.37. The van der Waals surface area contributed by atoms with E-state index in [2.05, 4.69) is 6.08 Å². The third kappa shape index (κ3) is 4.02. The van der Waals surface area contributed by atoms with Crippen LogP contribution in [0.25, 0.3) is 6.08 Å². The molecule has 0 fully saturated rings. The van der Waals surface area contributed by atoms with E-state index in [1.807, 2.05) is 20.8 Å². The van der Waals surface area contributed by atoms with Gasteiger partial charge in [0.25, 0.3) is 0 Å². The first kappa shape index (κ1) is 19.4. The van der Waals surface area contributed by atoms with Gasteiger partial charge in [0.2, 0.25) is 0 Å². The Bertz CT molecular complexity index is 698. The van der Waals surface area contributed by atoms with Crippen LogP contribution in [-0.2, 0) is 11.2 Å². The fourth-order valence-electron chi connectivity index (χ4n) is 3.15. The number of phenols is 1. The smallest absolute Gasteiger partial charge is 0.171 e. The van der Waals surface area contributed by atoms with Crippen LogP contribution in [0.2, 0.25) is 0 Å². The van der Waals surface area contributed by atoms with Gasteiger partial charge in [0, 0.05) is 12.0 Å². The molecule has 1 aliphatic carbocycles. The van der Waals surface area contributed by atoms with Crippen LogP contribution in [0.4, 0.5) is 0 Å². The van der Waals surface area contributed by atoms with E-state index < -0.39 is 17.5 Å². The number of hydrogen-bond donors (Lipinski definition) is 3. The van der Waals surface area contributed by atoms with Gasteiger partial charge in [-0.15, -0.1) is 0 Å². The van der Waals surface area contributed by atoms with Crippen LogP contribution in [0.5, 0.6) is 5.75 Å². The molecule has 0 aliphatic heterocycles. The number of carbonyl (C=O) groups is 1. The predicted octanol–water partition coefficient (Wildman–Crippen LogP) is 3.84. The van der Waals surface area contributed by atoms with Crippen molar-refractivity contribution in [1.29, 1.82) is 0 Å². The molecule has 0 heterocycles. The van der Waals surface area contributed by atoms with Crippen molar-refractivity contribution in [1.82, 2.24) is 0 Å². The molecule has 0 bridgehead atoms. The minimum absolute atomic E-state index is 0.104. The fourth-order valence-corrected chi connectivity index (χ4v) is 3.15. The second-order valence-corrected chi connectivity index (χ2v) is 7.00. The lowest BCUT2D eigenvalue weighted by atomic mass is 9.77. The summed E-state index contributed by atoms with van der Waals surface area (Å²) in [4.78, 5) is 12.5. The number of ketones is 1. The summed E-state index contributed by atoms with van der Waals surface area (Å²) in [6.07, 6.45) is 7.03. The topological polar surface area (TPSA) is 77.8 Å². The van der Waals surface area contributed by atoms with E-state index >= 15 is 0 Å². The van der Waals surface area contributed by atoms with Gasteiger partial charge < -0.3 is 15.3 Å². The molecule has 3 N–H and O–H groups in total. The molecule has 0 aromatic heterocycles. The summed E-state index contributed by atoms with van der Waals surface area (Å²) < 4.78 is 0. The van der Waals surface area contributed by atoms with Gasteiger partial charge in [0.15, 0.2) is 11.4 Å². The summed E-state index contributed by atoms with van der Waals surface area (Å²) in [5.74, 6) is -0.517. The van der Waals surface area contributed by atoms with Gasteiger partial charge in [-0.1, -0.05) is 43.6 Å². The maximum atomic E-state index is 12.5. The highest BCUT2D eigenvalue weighted by Crippen LogP contribution is 2.42. The zero-order chi connectivity index (χ0) is 18.6. The molecule has 0 saturated heterocycles. The number of unbranched alkanes of at least 4 members (excludes halogenated alkanes) is 2. The number of Topliss-reactive ketones (excluding diaryl/α,β-unsaturated/α-hetero) is 1. The van der Waals surface area contributed by atoms with E-state index in [1.54, 1.807) is 12.1 Å². The largest absolute Gasteiger partial charge is 0.508 e. The summed E-state index contributed by atoms with van der Waals surface area (Å²) in [6, 6.07) is 3.31. The summed E-state index contributed by atoms with van der Waals surface area (Å²) in [5, 5.41) is 31.7. The van der Waals surface area contributed by atoms with Crippen LogP contribution in [0.3, 0.4) is 0 Å². The first-order valence-electron chi connectivity index (χ1n) is 8.92. The van der Waals surface area contributed by atoms with Crippen LogP contribution < -0.4 is 0 Å². The van der Waals surface area contributed by atoms with Gasteiger partial charge >= 0.3 is 0 Å². The number of aliphatic hydroxyl groups excluding tert-OH is 1. The third-order valence-corrected chi connectivity index (χ3v) is 4.73. The number of fused-ring (bicyclic) bond motifs is 1. The molecule has 25 heavy (non-hydrogen) atoms. The van der Waals surface area contributed by atoms with E-state index in [1.165, 1.54) is 17.7 Å². The minimum atomic E-state index is -1.98. The predicted molar refractivity (Wildman–Crippen MR) is 99.3 cm³/mol. The SMILES string of the molecule is CCCCCC(=O)[C@]1(O)C=Cc2c(CC=C(C)C)ccc(O)c2[C@H]1O. The molecule has 1 aliphatic rings. The Morgan fingerprint density at radius 3 is 2.64 bits per heavy atom. The van der Waals surface area contributed by atoms with E-state index in [9.17, 15) is 20.1 Å². The van der Waals surface area contributed by atoms with Crippen LogP contribution >= 0.6 is 0 Å². The normalized spacial score (nSPS) is 21.7. The molecule has 0 unspecified atom stereocenters. The number of hydrogen-bond acceptors (Lipinski definition) is 4. The van der Waals surface area contributed by atoms with Crippen molar-refractivity contribution in [3.63, 3.8) is 0 Å². The van der Waals surface area contributed by atoms with Gasteiger partial charge in [-0.05, 0) is 50.0 Å². The van der Waals surface area contributed by atoms with Gasteiger partial charge in [-0.2, -0.15) is 0 Å². The molecule has 4 nitrogen and oxygen atoms in total. The maximum absolute atomic E-state index is 12.5. The Morgan fingerprint density at radius 1 is 1.28 bits per heavy atom. The highest BCUT2D eigenvalue weighted by molar-refractivity contribution is 5.92. The Morgan fingerprint density at radius 2 is 2.00 bits per heavy atom. The second-order valence-electron chi connectivity index (χ2n) is 7.00. The second kappa shape index (κ2) is 7.98. The van der Waals surface area contributed by atoms with Crippen molar-refractivity contribution < 1.29 is 20.1 Å². The van der Waals surface area contributed by atoms with Crippen molar-refractivity contribution in [3.05, 3.63) is 46.5 Å². The number of phenolic OH excluding ortho intramolecular Hbond substituents is 1. The molecule has 0 radical (unpaired) electrons. The molecule has 0 spiro atoms. The fraction of sp³-hybridized carbons (Fsp3) is 0.476. The lowest BCUT2D eigenvalue weighted by Crippen LogP contribution is -2.44. The lowest BCUT2D eigenvalue weighted by Gasteiger charge is -2.34. The third-order valence-electron chi connectivity index (χ3n) is 4.73. The average molecular weight is 344 g/mol. The zero-order valence-electron chi connectivity index (χ0n) is 15.2. The first-order chi connectivity index (χ1) is 11.8. The van der Waals surface area contributed by atoms with Crippen molar-refractivity contribution in [3.8, 4) is 5.75 Å². The Kier molecular flexibility index (Phi) is 6.20. The quantitative estimate of drug-likeness (QED) is 0.519. The maximum Gasteiger partial charge on any atom is 0.171 e. The number of aliphatic hydroxyl groups is 2. The number of benzene rings is 1. The van der Waals surface area contributed by atoms with E-state index in [0.717, 1.165) is 18.4 Å². The standard InChI is InChI=1S/C21H28O4/c1-4-5-6-7-18(23)21(25)13-12-16-15(9-8-14(2)3)10-11-17(22)19(16)20(21)24/h8,10-13,20,22,24-25H,4-7,9H2,1-3H3/t20-,21-/m1/s1. The number of carbonyl (C=O) groups excluding carboxylic acids is 1. The summed E-state index contributed by atoms with van der Waals surface area (Å²) >= 11 is 0. The molecule has 136 valence electrons. The molecule has 0 amide bonds. The Hall–Kier alpha value is -1.91. The number of allylic oxidation sites excluding steroid dienone is 2. The van der Waals surface area contributed by atoms with Crippen molar-refractivity contribution >= 4 is 11.9 Å². The number of rotatable bonds is 7. The molecular formula is C21H28O4. The molecule has 4 heteroatoms. The molecule has 2 atom stereocenters. The molecule has 1 aromatic rings. The van der Waals surface area contributed by atoms with Gasteiger partial charge in [0.1, 0.15) is 11.9 Å². The van der Waals surface area contributed by atoms with Crippen LogP contribution in [0.15, 0.2) is 29.9 Å². The average Bonchev–Trinajstić information content (AvgIpc) is 2.57. The zero-order valence-corrected chi connectivity index (χ0v) is 15.2. The van der Waals surface area contributed by atoms with Crippen molar-refractivity contribution in [2.75, 3.05) is 0 Å². The minimum Gasteiger partial charge on any atom is -0.508 e. The van der Waals surface area contributed by atoms with Crippen LogP contribution in [0.1, 0.15) is 69.2 Å².